The number of hydrogen-bond donors (Lipinski definition) is 2. The van der Waals surface area contributed by atoms with E-state index in [2.05, 4.69) is 0 Å². The first-order valence-corrected chi connectivity index (χ1v) is 10.8. The van der Waals surface area contributed by atoms with E-state index >= 15 is 0 Å². The second-order valence-corrected chi connectivity index (χ2v) is 8.07. The zero-order valence-electron chi connectivity index (χ0n) is 17.6. The van der Waals surface area contributed by atoms with Crippen LogP contribution in [0.25, 0.3) is 23.3 Å². The lowest BCUT2D eigenvalue weighted by Crippen LogP contribution is -2.03. The summed E-state index contributed by atoms with van der Waals surface area (Å²) in [6, 6.07) is 35.7. The molecule has 32 heavy (non-hydrogen) atoms. The van der Waals surface area contributed by atoms with Crippen LogP contribution in [0.3, 0.4) is 0 Å². The van der Waals surface area contributed by atoms with E-state index in [4.69, 9.17) is 0 Å². The summed E-state index contributed by atoms with van der Waals surface area (Å²) >= 11 is 0. The molecule has 8 rings (SSSR count). The largest absolute Gasteiger partial charge is 0.384 e. The van der Waals surface area contributed by atoms with Crippen LogP contribution in [0.15, 0.2) is 109 Å². The van der Waals surface area contributed by atoms with Crippen LogP contribution in [-0.2, 0) is 0 Å². The third kappa shape index (κ3) is 4.06. The molecule has 4 aliphatic carbocycles. The number of rotatable bonds is 4. The second kappa shape index (κ2) is 8.80. The van der Waals surface area contributed by atoms with E-state index in [0.29, 0.717) is 0 Å². The number of hydrogen-bond acceptors (Lipinski definition) is 2. The molecule has 4 aliphatic rings. The van der Waals surface area contributed by atoms with Gasteiger partial charge in [0.05, 0.1) is 0 Å². The lowest BCUT2D eigenvalue weighted by atomic mass is 9.89. The first-order chi connectivity index (χ1) is 15.7. The van der Waals surface area contributed by atoms with Crippen molar-refractivity contribution in [1.29, 1.82) is 0 Å². The summed E-state index contributed by atoms with van der Waals surface area (Å²) in [6.45, 7) is 0. The molecule has 0 spiro atoms. The van der Waals surface area contributed by atoms with Gasteiger partial charge in [0.15, 0.2) is 0 Å². The summed E-state index contributed by atoms with van der Waals surface area (Å²) in [7, 11) is 0. The second-order valence-electron chi connectivity index (χ2n) is 8.07. The summed E-state index contributed by atoms with van der Waals surface area (Å²) in [4.78, 5) is 0. The van der Waals surface area contributed by atoms with Gasteiger partial charge < -0.3 is 10.2 Å². The molecular weight excluding hydrogens is 392 g/mol. The highest BCUT2D eigenvalue weighted by atomic mass is 16.3. The van der Waals surface area contributed by atoms with Crippen molar-refractivity contribution in [3.8, 4) is 0 Å². The van der Waals surface area contributed by atoms with Gasteiger partial charge in [-0.15, -0.1) is 0 Å². The highest BCUT2D eigenvalue weighted by Gasteiger charge is 2.18. The van der Waals surface area contributed by atoms with Gasteiger partial charge in [-0.05, 0) is 56.7 Å². The van der Waals surface area contributed by atoms with Crippen LogP contribution in [0.4, 0.5) is 0 Å². The molecule has 0 heterocycles. The van der Waals surface area contributed by atoms with Crippen molar-refractivity contribution in [2.45, 2.75) is 12.2 Å². The molecule has 0 radical (unpaired) electrons. The molecule has 156 valence electrons. The molecule has 4 aromatic rings. The Hall–Kier alpha value is -3.72. The number of aliphatic hydroxyl groups excluding tert-OH is 2. The fraction of sp³-hybridized carbons (Fsp3) is 0.0667. The molecule has 2 N–H and O–H groups in total. The Bertz CT molecular complexity index is 1150. The van der Waals surface area contributed by atoms with Crippen LogP contribution < -0.4 is 0 Å². The van der Waals surface area contributed by atoms with Crippen molar-refractivity contribution in [2.24, 2.45) is 0 Å². The molecule has 4 aromatic carbocycles. The summed E-state index contributed by atoms with van der Waals surface area (Å²) < 4.78 is 0. The number of benzene rings is 4. The van der Waals surface area contributed by atoms with Gasteiger partial charge in [0.2, 0.25) is 0 Å². The molecule has 0 aromatic heterocycles. The Morgan fingerprint density at radius 1 is 0.406 bits per heavy atom. The Morgan fingerprint density at radius 3 is 1.09 bits per heavy atom. The van der Waals surface area contributed by atoms with E-state index < -0.39 is 12.2 Å². The molecule has 4 bridgehead atoms. The molecular formula is C30H24O2. The maximum Gasteiger partial charge on any atom is 0.105 e. The van der Waals surface area contributed by atoms with E-state index in [0.717, 1.165) is 44.5 Å². The van der Waals surface area contributed by atoms with Gasteiger partial charge in [0, 0.05) is 0 Å². The Kier molecular flexibility index (Phi) is 5.55. The summed E-state index contributed by atoms with van der Waals surface area (Å²) in [5, 5.41) is 22.3. The predicted octanol–water partition coefficient (Wildman–Crippen LogP) is 6.55. The van der Waals surface area contributed by atoms with Crippen molar-refractivity contribution < 1.29 is 10.2 Å². The summed E-state index contributed by atoms with van der Waals surface area (Å²) in [5.41, 5.74) is 7.35. The highest BCUT2D eigenvalue weighted by molar-refractivity contribution is 5.88. The van der Waals surface area contributed by atoms with Gasteiger partial charge >= 0.3 is 0 Å². The minimum Gasteiger partial charge on any atom is -0.384 e. The van der Waals surface area contributed by atoms with Crippen LogP contribution in [0.5, 0.6) is 0 Å². The Balaban J connectivity index is 1.62. The molecule has 2 unspecified atom stereocenters. The SMILES string of the molecule is OC(/C1=C/c2ccc(cc2)/C(C(O)c2ccccc2)=C\c2ccc1cc2)c1ccccc1. The molecule has 0 aliphatic heterocycles. The van der Waals surface area contributed by atoms with Crippen LogP contribution in [0, 0.1) is 0 Å². The van der Waals surface area contributed by atoms with E-state index in [9.17, 15) is 10.2 Å². The average Bonchev–Trinajstić information content (AvgIpc) is 2.86. The van der Waals surface area contributed by atoms with E-state index in [1.165, 1.54) is 0 Å². The third-order valence-corrected chi connectivity index (χ3v) is 5.95. The monoisotopic (exact) mass is 416 g/mol. The quantitative estimate of drug-likeness (QED) is 0.396. The zero-order chi connectivity index (χ0) is 21.9. The van der Waals surface area contributed by atoms with Gasteiger partial charge in [-0.2, -0.15) is 0 Å². The molecule has 0 amide bonds. The Labute approximate surface area is 188 Å². The smallest absolute Gasteiger partial charge is 0.105 e. The van der Waals surface area contributed by atoms with Crippen molar-refractivity contribution >= 4 is 23.3 Å². The van der Waals surface area contributed by atoms with Crippen LogP contribution in [0.1, 0.15) is 45.6 Å². The molecule has 0 saturated heterocycles. The minimum absolute atomic E-state index is 0.726. The van der Waals surface area contributed by atoms with E-state index in [-0.39, 0.29) is 0 Å². The van der Waals surface area contributed by atoms with Gasteiger partial charge in [-0.3, -0.25) is 0 Å². The lowest BCUT2D eigenvalue weighted by molar-refractivity contribution is 0.238. The normalized spacial score (nSPS) is 17.9. The first-order valence-electron chi connectivity index (χ1n) is 10.8. The fourth-order valence-corrected chi connectivity index (χ4v) is 4.17. The summed E-state index contributed by atoms with van der Waals surface area (Å²) in [6.07, 6.45) is 2.62. The first kappa shape index (κ1) is 20.2. The van der Waals surface area contributed by atoms with Crippen molar-refractivity contribution in [3.63, 3.8) is 0 Å². The van der Waals surface area contributed by atoms with Crippen molar-refractivity contribution in [1.82, 2.24) is 0 Å². The number of aliphatic hydroxyl groups is 2. The maximum atomic E-state index is 11.2. The average molecular weight is 417 g/mol. The van der Waals surface area contributed by atoms with Crippen LogP contribution in [-0.4, -0.2) is 10.2 Å². The zero-order valence-corrected chi connectivity index (χ0v) is 17.6. The lowest BCUT2D eigenvalue weighted by Gasteiger charge is -2.19. The molecule has 0 fully saturated rings. The fourth-order valence-electron chi connectivity index (χ4n) is 4.17. The van der Waals surface area contributed by atoms with Gasteiger partial charge in [0.1, 0.15) is 12.2 Å². The minimum atomic E-state index is -0.726. The van der Waals surface area contributed by atoms with Crippen LogP contribution in [0.2, 0.25) is 0 Å². The van der Waals surface area contributed by atoms with Gasteiger partial charge in [-0.1, -0.05) is 109 Å². The van der Waals surface area contributed by atoms with Crippen LogP contribution >= 0.6 is 0 Å². The molecule has 2 nitrogen and oxygen atoms in total. The summed E-state index contributed by atoms with van der Waals surface area (Å²) in [5.74, 6) is 0. The van der Waals surface area contributed by atoms with Crippen molar-refractivity contribution in [2.75, 3.05) is 0 Å². The van der Waals surface area contributed by atoms with Gasteiger partial charge in [0.25, 0.3) is 0 Å². The highest BCUT2D eigenvalue weighted by Crippen LogP contribution is 2.36. The Morgan fingerprint density at radius 2 is 0.750 bits per heavy atom. The standard InChI is InChI=1S/C30H24O2/c31-29(25-7-3-1-4-8-25)27-19-21-13-17-24(18-14-21)28(20-22-11-15-23(27)16-12-22)30(32)26-9-5-2-6-10-26/h1-20,29-32H/b21-19?,22-20?,27-19+,27-23?,28-20+,28-24?. The van der Waals surface area contributed by atoms with E-state index in [1.807, 2.05) is 121 Å². The third-order valence-electron chi connectivity index (χ3n) is 5.95. The maximum absolute atomic E-state index is 11.2. The molecule has 0 saturated carbocycles. The van der Waals surface area contributed by atoms with E-state index in [1.54, 1.807) is 0 Å². The van der Waals surface area contributed by atoms with Gasteiger partial charge in [-0.25, -0.2) is 0 Å². The molecule has 2 atom stereocenters. The topological polar surface area (TPSA) is 40.5 Å². The predicted molar refractivity (Wildman–Crippen MR) is 131 cm³/mol. The molecule has 2 heteroatoms. The van der Waals surface area contributed by atoms with Crippen molar-refractivity contribution in [3.05, 3.63) is 143 Å².